The Morgan fingerprint density at radius 1 is 1.35 bits per heavy atom. The number of hydrogen-bond donors (Lipinski definition) is 1. The molecule has 0 bridgehead atoms. The first-order valence-electron chi connectivity index (χ1n) is 6.21. The number of unbranched alkanes of at least 4 members (excludes halogenated alkanes) is 1. The van der Waals surface area contributed by atoms with Gasteiger partial charge in [0.05, 0.1) is 5.92 Å². The number of hydrogen-bond acceptors (Lipinski definition) is 1. The SMILES string of the molecule is C#CCCCC(N)C1CCCC(C(F)(F)F)C1. The van der Waals surface area contributed by atoms with Crippen LogP contribution in [0.2, 0.25) is 0 Å². The van der Waals surface area contributed by atoms with Gasteiger partial charge in [0, 0.05) is 12.5 Å². The first-order chi connectivity index (χ1) is 7.95. The summed E-state index contributed by atoms with van der Waals surface area (Å²) in [5.74, 6) is 1.38. The van der Waals surface area contributed by atoms with E-state index in [2.05, 4.69) is 5.92 Å². The highest BCUT2D eigenvalue weighted by atomic mass is 19.4. The summed E-state index contributed by atoms with van der Waals surface area (Å²) in [5.41, 5.74) is 5.96. The molecule has 1 nitrogen and oxygen atoms in total. The summed E-state index contributed by atoms with van der Waals surface area (Å²) in [6.45, 7) is 0. The van der Waals surface area contributed by atoms with Gasteiger partial charge in [-0.25, -0.2) is 0 Å². The average molecular weight is 247 g/mol. The van der Waals surface area contributed by atoms with Gasteiger partial charge in [-0.1, -0.05) is 6.42 Å². The molecule has 0 aromatic rings. The van der Waals surface area contributed by atoms with Crippen molar-refractivity contribution in [2.45, 2.75) is 57.2 Å². The van der Waals surface area contributed by atoms with E-state index in [-0.39, 0.29) is 24.8 Å². The van der Waals surface area contributed by atoms with Gasteiger partial charge < -0.3 is 5.73 Å². The minimum absolute atomic E-state index is 0.00755. The molecular formula is C13H20F3N. The maximum absolute atomic E-state index is 12.6. The Morgan fingerprint density at radius 3 is 2.65 bits per heavy atom. The number of rotatable bonds is 4. The Hall–Kier alpha value is -0.690. The molecule has 4 heteroatoms. The molecule has 1 saturated carbocycles. The summed E-state index contributed by atoms with van der Waals surface area (Å²) >= 11 is 0. The Labute approximate surface area is 101 Å². The minimum Gasteiger partial charge on any atom is -0.327 e. The highest BCUT2D eigenvalue weighted by Crippen LogP contribution is 2.41. The molecule has 17 heavy (non-hydrogen) atoms. The van der Waals surface area contributed by atoms with E-state index in [9.17, 15) is 13.2 Å². The fourth-order valence-electron chi connectivity index (χ4n) is 2.59. The van der Waals surface area contributed by atoms with Gasteiger partial charge >= 0.3 is 6.18 Å². The maximum Gasteiger partial charge on any atom is 0.391 e. The second-order valence-corrected chi connectivity index (χ2v) is 4.93. The summed E-state index contributed by atoms with van der Waals surface area (Å²) in [5, 5.41) is 0. The number of terminal acetylenes is 1. The Balaban J connectivity index is 2.41. The van der Waals surface area contributed by atoms with Crippen LogP contribution < -0.4 is 5.73 Å². The monoisotopic (exact) mass is 247 g/mol. The fraction of sp³-hybridized carbons (Fsp3) is 0.846. The third kappa shape index (κ3) is 4.59. The first-order valence-corrected chi connectivity index (χ1v) is 6.21. The van der Waals surface area contributed by atoms with Crippen molar-refractivity contribution in [3.63, 3.8) is 0 Å². The molecule has 1 fully saturated rings. The van der Waals surface area contributed by atoms with Crippen LogP contribution in [0.5, 0.6) is 0 Å². The number of nitrogens with two attached hydrogens (primary N) is 1. The summed E-state index contributed by atoms with van der Waals surface area (Å²) in [6.07, 6.45) is 5.19. The van der Waals surface area contributed by atoms with E-state index < -0.39 is 12.1 Å². The molecule has 98 valence electrons. The first kappa shape index (κ1) is 14.4. The van der Waals surface area contributed by atoms with E-state index >= 15 is 0 Å². The molecule has 0 radical (unpaired) electrons. The third-order valence-corrected chi connectivity index (χ3v) is 3.64. The summed E-state index contributed by atoms with van der Waals surface area (Å²) < 4.78 is 37.9. The zero-order chi connectivity index (χ0) is 12.9. The molecule has 3 atom stereocenters. The maximum atomic E-state index is 12.6. The van der Waals surface area contributed by atoms with Gasteiger partial charge in [-0.2, -0.15) is 13.2 Å². The van der Waals surface area contributed by atoms with Crippen LogP contribution in [0.3, 0.4) is 0 Å². The van der Waals surface area contributed by atoms with E-state index in [4.69, 9.17) is 12.2 Å². The molecular weight excluding hydrogens is 227 g/mol. The molecule has 1 aliphatic carbocycles. The highest BCUT2D eigenvalue weighted by Gasteiger charge is 2.42. The average Bonchev–Trinajstić information content (AvgIpc) is 2.28. The topological polar surface area (TPSA) is 26.0 Å². The fourth-order valence-corrected chi connectivity index (χ4v) is 2.59. The lowest BCUT2D eigenvalue weighted by molar-refractivity contribution is -0.186. The van der Waals surface area contributed by atoms with Crippen molar-refractivity contribution < 1.29 is 13.2 Å². The van der Waals surface area contributed by atoms with Crippen LogP contribution in [0.1, 0.15) is 44.9 Å². The lowest BCUT2D eigenvalue weighted by Crippen LogP contribution is -2.37. The molecule has 2 N–H and O–H groups in total. The van der Waals surface area contributed by atoms with Crippen molar-refractivity contribution in [3.8, 4) is 12.3 Å². The predicted molar refractivity (Wildman–Crippen MR) is 62.2 cm³/mol. The van der Waals surface area contributed by atoms with Gasteiger partial charge in [0.1, 0.15) is 0 Å². The summed E-state index contributed by atoms with van der Waals surface area (Å²) in [6, 6.07) is -0.131. The minimum atomic E-state index is -4.06. The zero-order valence-electron chi connectivity index (χ0n) is 9.97. The van der Waals surface area contributed by atoms with Crippen molar-refractivity contribution in [2.24, 2.45) is 17.6 Å². The predicted octanol–water partition coefficient (Wildman–Crippen LogP) is 3.49. The van der Waals surface area contributed by atoms with E-state index in [0.29, 0.717) is 12.8 Å². The van der Waals surface area contributed by atoms with Gasteiger partial charge in [-0.15, -0.1) is 12.3 Å². The van der Waals surface area contributed by atoms with Crippen molar-refractivity contribution in [1.82, 2.24) is 0 Å². The molecule has 0 aromatic heterocycles. The standard InChI is InChI=1S/C13H20F3N/c1-2-3-4-8-12(17)10-6-5-7-11(9-10)13(14,15)16/h1,10-12H,3-9,17H2. The normalized spacial score (nSPS) is 27.5. The highest BCUT2D eigenvalue weighted by molar-refractivity contribution is 4.86. The smallest absolute Gasteiger partial charge is 0.327 e. The largest absolute Gasteiger partial charge is 0.391 e. The summed E-state index contributed by atoms with van der Waals surface area (Å²) in [7, 11) is 0. The van der Waals surface area contributed by atoms with Crippen LogP contribution in [-0.2, 0) is 0 Å². The van der Waals surface area contributed by atoms with Gasteiger partial charge in [0.2, 0.25) is 0 Å². The van der Waals surface area contributed by atoms with Crippen molar-refractivity contribution >= 4 is 0 Å². The number of alkyl halides is 3. The second kappa shape index (κ2) is 6.30. The van der Waals surface area contributed by atoms with Crippen molar-refractivity contribution in [3.05, 3.63) is 0 Å². The Morgan fingerprint density at radius 2 is 2.06 bits per heavy atom. The number of halogens is 3. The van der Waals surface area contributed by atoms with Gasteiger partial charge in [-0.3, -0.25) is 0 Å². The molecule has 0 aromatic carbocycles. The Kier molecular flexibility index (Phi) is 5.32. The van der Waals surface area contributed by atoms with Crippen LogP contribution >= 0.6 is 0 Å². The van der Waals surface area contributed by atoms with Crippen molar-refractivity contribution in [2.75, 3.05) is 0 Å². The molecule has 3 unspecified atom stereocenters. The van der Waals surface area contributed by atoms with E-state index in [1.807, 2.05) is 0 Å². The van der Waals surface area contributed by atoms with Gasteiger partial charge in [0.15, 0.2) is 0 Å². The van der Waals surface area contributed by atoms with Crippen LogP contribution in [0.15, 0.2) is 0 Å². The molecule has 0 heterocycles. The molecule has 0 saturated heterocycles. The molecule has 0 aliphatic heterocycles. The lowest BCUT2D eigenvalue weighted by Gasteiger charge is -2.33. The molecule has 1 aliphatic rings. The van der Waals surface area contributed by atoms with Gasteiger partial charge in [0.25, 0.3) is 0 Å². The molecule has 0 amide bonds. The van der Waals surface area contributed by atoms with Crippen LogP contribution in [0.4, 0.5) is 13.2 Å². The zero-order valence-corrected chi connectivity index (χ0v) is 9.97. The van der Waals surface area contributed by atoms with Crippen LogP contribution in [0, 0.1) is 24.2 Å². The lowest BCUT2D eigenvalue weighted by atomic mass is 9.76. The quantitative estimate of drug-likeness (QED) is 0.597. The van der Waals surface area contributed by atoms with Crippen LogP contribution in [0.25, 0.3) is 0 Å². The molecule has 1 rings (SSSR count). The third-order valence-electron chi connectivity index (χ3n) is 3.64. The van der Waals surface area contributed by atoms with Crippen LogP contribution in [-0.4, -0.2) is 12.2 Å². The Bertz CT molecular complexity index is 267. The van der Waals surface area contributed by atoms with Crippen molar-refractivity contribution in [1.29, 1.82) is 0 Å². The van der Waals surface area contributed by atoms with Gasteiger partial charge in [-0.05, 0) is 38.0 Å². The van der Waals surface area contributed by atoms with E-state index in [0.717, 1.165) is 19.3 Å². The summed E-state index contributed by atoms with van der Waals surface area (Å²) in [4.78, 5) is 0. The molecule has 0 spiro atoms. The van der Waals surface area contributed by atoms with E-state index in [1.165, 1.54) is 0 Å². The second-order valence-electron chi connectivity index (χ2n) is 4.93. The van der Waals surface area contributed by atoms with E-state index in [1.54, 1.807) is 0 Å².